The molecule has 1 aliphatic heterocycles. The third-order valence-corrected chi connectivity index (χ3v) is 5.29. The predicted octanol–water partition coefficient (Wildman–Crippen LogP) is 3.64. The van der Waals surface area contributed by atoms with Crippen molar-refractivity contribution in [3.05, 3.63) is 59.7 Å². The van der Waals surface area contributed by atoms with Gasteiger partial charge in [0.05, 0.1) is 6.61 Å². The lowest BCUT2D eigenvalue weighted by Crippen LogP contribution is -2.45. The quantitative estimate of drug-likeness (QED) is 0.910. The first-order valence-electron chi connectivity index (χ1n) is 8.63. The number of aliphatic hydroxyl groups excluding tert-OH is 1. The molecule has 1 amide bonds. The number of alkyl halides is 2. The summed E-state index contributed by atoms with van der Waals surface area (Å²) in [4.78, 5) is 13.3. The van der Waals surface area contributed by atoms with Gasteiger partial charge in [-0.1, -0.05) is 48.5 Å². The fourth-order valence-electron chi connectivity index (χ4n) is 3.95. The molecular weight excluding hydrogens is 340 g/mol. The fourth-order valence-corrected chi connectivity index (χ4v) is 3.95. The molecule has 1 heterocycles. The maximum atomic E-state index is 13.7. The molecule has 0 bridgehead atoms. The van der Waals surface area contributed by atoms with Gasteiger partial charge < -0.3 is 9.84 Å². The number of carbonyl (C=O) groups excluding carboxylic acids is 1. The molecule has 0 aromatic heterocycles. The van der Waals surface area contributed by atoms with Crippen LogP contribution >= 0.6 is 0 Å². The van der Waals surface area contributed by atoms with Gasteiger partial charge in [-0.25, -0.2) is 13.6 Å². The smallest absolute Gasteiger partial charge is 0.410 e. The van der Waals surface area contributed by atoms with Crippen molar-refractivity contribution >= 4 is 6.09 Å². The molecule has 26 heavy (non-hydrogen) atoms. The first kappa shape index (κ1) is 17.0. The fraction of sp³-hybridized carbons (Fsp3) is 0.350. The number of halogens is 2. The number of benzene rings is 2. The Balaban J connectivity index is 1.53. The largest absolute Gasteiger partial charge is 0.448 e. The minimum atomic E-state index is -3.08. The lowest BCUT2D eigenvalue weighted by molar-refractivity contribution is -0.0498. The predicted molar refractivity (Wildman–Crippen MR) is 92.2 cm³/mol. The molecule has 1 aliphatic carbocycles. The summed E-state index contributed by atoms with van der Waals surface area (Å²) in [5, 5.41) is 9.23. The van der Waals surface area contributed by atoms with Gasteiger partial charge in [-0.05, 0) is 22.3 Å². The van der Waals surface area contributed by atoms with Crippen molar-refractivity contribution in [1.82, 2.24) is 4.90 Å². The Bertz CT molecular complexity index is 794. The monoisotopic (exact) mass is 359 g/mol. The zero-order valence-corrected chi connectivity index (χ0v) is 14.1. The van der Waals surface area contributed by atoms with Crippen LogP contribution in [-0.2, 0) is 4.74 Å². The van der Waals surface area contributed by atoms with E-state index >= 15 is 0 Å². The number of ether oxygens (including phenoxy) is 1. The Hall–Kier alpha value is -2.47. The molecule has 1 fully saturated rings. The van der Waals surface area contributed by atoms with Crippen LogP contribution < -0.4 is 0 Å². The number of fused-ring (bicyclic) bond motifs is 3. The van der Waals surface area contributed by atoms with Crippen molar-refractivity contribution in [2.75, 3.05) is 19.8 Å². The molecule has 0 radical (unpaired) electrons. The maximum absolute atomic E-state index is 13.7. The highest BCUT2D eigenvalue weighted by Crippen LogP contribution is 2.44. The SMILES string of the molecule is O=C(OCC1c2ccccc2-c2ccccc21)N1CCC(F)(F)C1CO. The molecule has 136 valence electrons. The first-order valence-corrected chi connectivity index (χ1v) is 8.63. The van der Waals surface area contributed by atoms with E-state index in [4.69, 9.17) is 4.74 Å². The van der Waals surface area contributed by atoms with Gasteiger partial charge in [-0.3, -0.25) is 4.90 Å². The summed E-state index contributed by atoms with van der Waals surface area (Å²) in [6, 6.07) is 14.3. The molecule has 0 spiro atoms. The van der Waals surface area contributed by atoms with Crippen LogP contribution in [0.4, 0.5) is 13.6 Å². The summed E-state index contributed by atoms with van der Waals surface area (Å²) >= 11 is 0. The molecule has 4 rings (SSSR count). The van der Waals surface area contributed by atoms with Gasteiger partial charge in [-0.2, -0.15) is 0 Å². The van der Waals surface area contributed by atoms with Crippen molar-refractivity contribution in [2.24, 2.45) is 0 Å². The number of likely N-dealkylation sites (tertiary alicyclic amines) is 1. The van der Waals surface area contributed by atoms with Crippen molar-refractivity contribution in [1.29, 1.82) is 0 Å². The summed E-state index contributed by atoms with van der Waals surface area (Å²) in [5.74, 6) is -3.21. The Kier molecular flexibility index (Phi) is 4.15. The molecule has 2 aromatic rings. The van der Waals surface area contributed by atoms with Crippen molar-refractivity contribution < 1.29 is 23.4 Å². The normalized spacial score (nSPS) is 20.7. The van der Waals surface area contributed by atoms with Crippen LogP contribution in [0.15, 0.2) is 48.5 Å². The van der Waals surface area contributed by atoms with Crippen LogP contribution in [0.25, 0.3) is 11.1 Å². The molecule has 1 N–H and O–H groups in total. The second-order valence-electron chi connectivity index (χ2n) is 6.71. The Morgan fingerprint density at radius 2 is 1.69 bits per heavy atom. The van der Waals surface area contributed by atoms with E-state index in [0.29, 0.717) is 0 Å². The second kappa shape index (κ2) is 6.36. The van der Waals surface area contributed by atoms with Gasteiger partial charge in [0.25, 0.3) is 5.92 Å². The van der Waals surface area contributed by atoms with E-state index in [1.165, 1.54) is 0 Å². The standard InChI is InChI=1S/C20H19F2NO3/c21-20(22)9-10-23(18(20)11-24)19(25)26-12-17-15-7-3-1-5-13(15)14-6-2-4-8-16(14)17/h1-8,17-18,24H,9-12H2. The molecular formula is C20H19F2NO3. The average molecular weight is 359 g/mol. The number of hydrogen-bond donors (Lipinski definition) is 1. The molecule has 4 nitrogen and oxygen atoms in total. The van der Waals surface area contributed by atoms with Crippen LogP contribution in [0.3, 0.4) is 0 Å². The van der Waals surface area contributed by atoms with Crippen LogP contribution in [0.2, 0.25) is 0 Å². The topological polar surface area (TPSA) is 49.8 Å². The van der Waals surface area contributed by atoms with Crippen molar-refractivity contribution in [2.45, 2.75) is 24.3 Å². The minimum Gasteiger partial charge on any atom is -0.448 e. The average Bonchev–Trinajstić information content (AvgIpc) is 3.13. The molecule has 2 aromatic carbocycles. The van der Waals surface area contributed by atoms with E-state index < -0.39 is 31.1 Å². The lowest BCUT2D eigenvalue weighted by atomic mass is 9.98. The number of amides is 1. The van der Waals surface area contributed by atoms with E-state index in [-0.39, 0.29) is 19.1 Å². The zero-order valence-electron chi connectivity index (χ0n) is 14.1. The van der Waals surface area contributed by atoms with Gasteiger partial charge in [0.1, 0.15) is 12.6 Å². The van der Waals surface area contributed by atoms with Crippen molar-refractivity contribution in [3.8, 4) is 11.1 Å². The Morgan fingerprint density at radius 3 is 2.27 bits per heavy atom. The highest BCUT2D eigenvalue weighted by Gasteiger charge is 2.51. The van der Waals surface area contributed by atoms with E-state index in [2.05, 4.69) is 0 Å². The molecule has 1 saturated heterocycles. The molecule has 6 heteroatoms. The Labute approximate surface area is 150 Å². The third-order valence-electron chi connectivity index (χ3n) is 5.29. The van der Waals surface area contributed by atoms with Crippen LogP contribution in [0.1, 0.15) is 23.5 Å². The highest BCUT2D eigenvalue weighted by molar-refractivity contribution is 5.79. The van der Waals surface area contributed by atoms with Crippen LogP contribution in [0, 0.1) is 0 Å². The maximum Gasteiger partial charge on any atom is 0.410 e. The summed E-state index contributed by atoms with van der Waals surface area (Å²) in [5.41, 5.74) is 4.33. The van der Waals surface area contributed by atoms with Crippen LogP contribution in [0.5, 0.6) is 0 Å². The van der Waals surface area contributed by atoms with Gasteiger partial charge in [0, 0.05) is 18.9 Å². The number of nitrogens with zero attached hydrogens (tertiary/aromatic N) is 1. The second-order valence-corrected chi connectivity index (χ2v) is 6.71. The van der Waals surface area contributed by atoms with E-state index in [0.717, 1.165) is 27.2 Å². The van der Waals surface area contributed by atoms with Gasteiger partial charge in [0.15, 0.2) is 0 Å². The van der Waals surface area contributed by atoms with Crippen LogP contribution in [-0.4, -0.2) is 47.8 Å². The van der Waals surface area contributed by atoms with E-state index in [1.54, 1.807) is 0 Å². The van der Waals surface area contributed by atoms with E-state index in [9.17, 15) is 18.7 Å². The summed E-state index contributed by atoms with van der Waals surface area (Å²) < 4.78 is 32.9. The summed E-state index contributed by atoms with van der Waals surface area (Å²) in [7, 11) is 0. The van der Waals surface area contributed by atoms with Gasteiger partial charge in [0.2, 0.25) is 0 Å². The first-order chi connectivity index (χ1) is 12.5. The molecule has 1 unspecified atom stereocenters. The summed E-state index contributed by atoms with van der Waals surface area (Å²) in [6.07, 6.45) is -1.26. The Morgan fingerprint density at radius 1 is 1.12 bits per heavy atom. The number of aliphatic hydroxyl groups is 1. The van der Waals surface area contributed by atoms with E-state index in [1.807, 2.05) is 48.5 Å². The lowest BCUT2D eigenvalue weighted by Gasteiger charge is -2.26. The minimum absolute atomic E-state index is 0.0765. The van der Waals surface area contributed by atoms with Gasteiger partial charge in [-0.15, -0.1) is 0 Å². The number of rotatable bonds is 3. The van der Waals surface area contributed by atoms with Crippen molar-refractivity contribution in [3.63, 3.8) is 0 Å². The molecule has 0 saturated carbocycles. The highest BCUT2D eigenvalue weighted by atomic mass is 19.3. The molecule has 2 aliphatic rings. The zero-order chi connectivity index (χ0) is 18.3. The van der Waals surface area contributed by atoms with Gasteiger partial charge >= 0.3 is 6.09 Å². The molecule has 1 atom stereocenters. The number of carbonyl (C=O) groups is 1. The number of hydrogen-bond acceptors (Lipinski definition) is 3. The third kappa shape index (κ3) is 2.65. The summed E-state index contributed by atoms with van der Waals surface area (Å²) in [6.45, 7) is -0.820.